The summed E-state index contributed by atoms with van der Waals surface area (Å²) in [5.74, 6) is 0.991. The Kier molecular flexibility index (Phi) is 8.74. The van der Waals surface area contributed by atoms with Gasteiger partial charge in [0.2, 0.25) is 5.91 Å². The predicted molar refractivity (Wildman–Crippen MR) is 108 cm³/mol. The predicted octanol–water partition coefficient (Wildman–Crippen LogP) is 3.57. The molecule has 0 aliphatic rings. The second kappa shape index (κ2) is 11.3. The molecule has 1 aromatic heterocycles. The smallest absolute Gasteiger partial charge is 0.306 e. The van der Waals surface area contributed by atoms with Crippen molar-refractivity contribution in [2.45, 2.75) is 39.2 Å². The molecule has 0 atom stereocenters. The number of hydrogen-bond donors (Lipinski definition) is 1. The minimum atomic E-state index is -0.243. The normalized spacial score (nSPS) is 10.4. The van der Waals surface area contributed by atoms with Gasteiger partial charge in [-0.3, -0.25) is 9.59 Å². The molecule has 0 saturated carbocycles. The summed E-state index contributed by atoms with van der Waals surface area (Å²) < 4.78 is 16.1. The number of para-hydroxylation sites is 1. The highest BCUT2D eigenvalue weighted by Gasteiger charge is 2.15. The van der Waals surface area contributed by atoms with Crippen LogP contribution in [0.25, 0.3) is 10.6 Å². The Labute approximate surface area is 169 Å². The van der Waals surface area contributed by atoms with E-state index in [-0.39, 0.29) is 18.5 Å². The van der Waals surface area contributed by atoms with Gasteiger partial charge in [0.1, 0.15) is 11.6 Å². The van der Waals surface area contributed by atoms with Crippen LogP contribution in [0, 0.1) is 0 Å². The summed E-state index contributed by atoms with van der Waals surface area (Å²) in [6, 6.07) is 5.62. The molecule has 0 unspecified atom stereocenters. The number of carbonyl (C=O) groups excluding carboxylic acids is 2. The summed E-state index contributed by atoms with van der Waals surface area (Å²) in [5.41, 5.74) is 1.53. The standard InChI is InChI=1S/C20H26N2O5S/c1-14(23)21-11-6-4-5-10-18(24)27-12-15-13-28-20(22-15)16-8-7-9-17(25-2)19(16)26-3/h7-9,13H,4-6,10-12H2,1-3H3,(H,21,23). The Balaban J connectivity index is 1.80. The van der Waals surface area contributed by atoms with Crippen molar-refractivity contribution in [1.29, 1.82) is 0 Å². The van der Waals surface area contributed by atoms with E-state index in [0.717, 1.165) is 29.8 Å². The second-order valence-electron chi connectivity index (χ2n) is 6.14. The number of thiazole rings is 1. The van der Waals surface area contributed by atoms with E-state index >= 15 is 0 Å². The van der Waals surface area contributed by atoms with Crippen LogP contribution >= 0.6 is 11.3 Å². The first kappa shape index (κ1) is 21.7. The minimum absolute atomic E-state index is 0.0337. The highest BCUT2D eigenvalue weighted by Crippen LogP contribution is 2.38. The molecule has 2 rings (SSSR count). The number of unbranched alkanes of at least 4 members (excludes halogenated alkanes) is 2. The lowest BCUT2D eigenvalue weighted by atomic mass is 10.2. The van der Waals surface area contributed by atoms with Crippen LogP contribution in [0.4, 0.5) is 0 Å². The van der Waals surface area contributed by atoms with Gasteiger partial charge >= 0.3 is 5.97 Å². The molecule has 28 heavy (non-hydrogen) atoms. The van der Waals surface area contributed by atoms with Gasteiger partial charge in [-0.2, -0.15) is 0 Å². The molecule has 152 valence electrons. The van der Waals surface area contributed by atoms with E-state index < -0.39 is 0 Å². The second-order valence-corrected chi connectivity index (χ2v) is 7.00. The number of rotatable bonds is 11. The number of ether oxygens (including phenoxy) is 3. The van der Waals surface area contributed by atoms with Crippen LogP contribution in [0.5, 0.6) is 11.5 Å². The van der Waals surface area contributed by atoms with E-state index in [1.807, 2.05) is 23.6 Å². The van der Waals surface area contributed by atoms with Gasteiger partial charge in [-0.15, -0.1) is 11.3 Å². The molecule has 0 bridgehead atoms. The van der Waals surface area contributed by atoms with E-state index in [1.54, 1.807) is 14.2 Å². The summed E-state index contributed by atoms with van der Waals surface area (Å²) >= 11 is 1.46. The molecule has 7 nitrogen and oxygen atoms in total. The quantitative estimate of drug-likeness (QED) is 0.453. The Hall–Kier alpha value is -2.61. The van der Waals surface area contributed by atoms with Gasteiger partial charge in [0, 0.05) is 25.3 Å². The van der Waals surface area contributed by atoms with Crippen molar-refractivity contribution < 1.29 is 23.8 Å². The fourth-order valence-electron chi connectivity index (χ4n) is 2.61. The third kappa shape index (κ3) is 6.53. The molecular formula is C20H26N2O5S. The van der Waals surface area contributed by atoms with Crippen molar-refractivity contribution in [2.75, 3.05) is 20.8 Å². The van der Waals surface area contributed by atoms with Crippen LogP contribution in [-0.2, 0) is 20.9 Å². The summed E-state index contributed by atoms with van der Waals surface area (Å²) in [7, 11) is 3.18. The number of amides is 1. The number of nitrogens with one attached hydrogen (secondary N) is 1. The summed E-state index contributed by atoms with van der Waals surface area (Å²) in [6.45, 7) is 2.28. The molecular weight excluding hydrogens is 380 g/mol. The third-order valence-corrected chi connectivity index (χ3v) is 4.92. The zero-order valence-corrected chi connectivity index (χ0v) is 17.3. The fraction of sp³-hybridized carbons (Fsp3) is 0.450. The summed E-state index contributed by atoms with van der Waals surface area (Å²) in [6.07, 6.45) is 2.82. The topological polar surface area (TPSA) is 86.8 Å². The molecule has 0 aliphatic carbocycles. The SMILES string of the molecule is COc1cccc(-c2nc(COC(=O)CCCCCNC(C)=O)cs2)c1OC. The zero-order valence-electron chi connectivity index (χ0n) is 16.4. The van der Waals surface area contributed by atoms with Gasteiger partial charge in [0.25, 0.3) is 0 Å². The molecule has 0 aliphatic heterocycles. The average Bonchev–Trinajstić information content (AvgIpc) is 3.16. The van der Waals surface area contributed by atoms with Crippen LogP contribution in [0.3, 0.4) is 0 Å². The first-order valence-electron chi connectivity index (χ1n) is 9.11. The lowest BCUT2D eigenvalue weighted by Gasteiger charge is -2.10. The minimum Gasteiger partial charge on any atom is -0.493 e. The Morgan fingerprint density at radius 2 is 1.96 bits per heavy atom. The van der Waals surface area contributed by atoms with E-state index in [9.17, 15) is 9.59 Å². The van der Waals surface area contributed by atoms with Crippen molar-refractivity contribution in [3.8, 4) is 22.1 Å². The maximum absolute atomic E-state index is 11.9. The highest BCUT2D eigenvalue weighted by molar-refractivity contribution is 7.13. The molecule has 0 saturated heterocycles. The molecule has 2 aromatic rings. The van der Waals surface area contributed by atoms with Gasteiger partial charge in [-0.1, -0.05) is 12.5 Å². The van der Waals surface area contributed by atoms with Crippen LogP contribution in [0.2, 0.25) is 0 Å². The van der Waals surface area contributed by atoms with Gasteiger partial charge in [0.05, 0.1) is 25.5 Å². The largest absolute Gasteiger partial charge is 0.493 e. The molecule has 1 N–H and O–H groups in total. The number of nitrogens with zero attached hydrogens (tertiary/aromatic N) is 1. The van der Waals surface area contributed by atoms with Gasteiger partial charge in [-0.05, 0) is 25.0 Å². The maximum Gasteiger partial charge on any atom is 0.306 e. The van der Waals surface area contributed by atoms with Crippen LogP contribution in [-0.4, -0.2) is 37.6 Å². The van der Waals surface area contributed by atoms with Crippen molar-refractivity contribution in [2.24, 2.45) is 0 Å². The maximum atomic E-state index is 11.9. The number of aromatic nitrogens is 1. The number of benzene rings is 1. The van der Waals surface area contributed by atoms with Crippen molar-refractivity contribution in [3.63, 3.8) is 0 Å². The van der Waals surface area contributed by atoms with Crippen LogP contribution in [0.1, 0.15) is 38.3 Å². The van der Waals surface area contributed by atoms with Gasteiger partial charge in [-0.25, -0.2) is 4.98 Å². The molecule has 8 heteroatoms. The molecule has 1 aromatic carbocycles. The van der Waals surface area contributed by atoms with Crippen molar-refractivity contribution >= 4 is 23.2 Å². The lowest BCUT2D eigenvalue weighted by molar-refractivity contribution is -0.145. The Morgan fingerprint density at radius 3 is 2.68 bits per heavy atom. The molecule has 0 fully saturated rings. The Morgan fingerprint density at radius 1 is 1.14 bits per heavy atom. The molecule has 0 spiro atoms. The fourth-order valence-corrected chi connectivity index (χ4v) is 3.44. The summed E-state index contributed by atoms with van der Waals surface area (Å²) in [5, 5.41) is 5.38. The van der Waals surface area contributed by atoms with E-state index in [1.165, 1.54) is 18.3 Å². The lowest BCUT2D eigenvalue weighted by Crippen LogP contribution is -2.20. The highest BCUT2D eigenvalue weighted by atomic mass is 32.1. The number of methoxy groups -OCH3 is 2. The van der Waals surface area contributed by atoms with E-state index in [4.69, 9.17) is 14.2 Å². The van der Waals surface area contributed by atoms with Crippen molar-refractivity contribution in [3.05, 3.63) is 29.3 Å². The number of hydrogen-bond acceptors (Lipinski definition) is 7. The summed E-state index contributed by atoms with van der Waals surface area (Å²) in [4.78, 5) is 27.2. The number of esters is 1. The third-order valence-electron chi connectivity index (χ3n) is 4.00. The molecule has 1 amide bonds. The molecule has 0 radical (unpaired) electrons. The van der Waals surface area contributed by atoms with Crippen molar-refractivity contribution in [1.82, 2.24) is 10.3 Å². The van der Waals surface area contributed by atoms with E-state index in [0.29, 0.717) is 30.2 Å². The first-order valence-corrected chi connectivity index (χ1v) is 9.99. The van der Waals surface area contributed by atoms with Gasteiger partial charge < -0.3 is 19.5 Å². The van der Waals surface area contributed by atoms with E-state index in [2.05, 4.69) is 10.3 Å². The zero-order chi connectivity index (χ0) is 20.4. The van der Waals surface area contributed by atoms with Crippen LogP contribution < -0.4 is 14.8 Å². The van der Waals surface area contributed by atoms with Gasteiger partial charge in [0.15, 0.2) is 11.5 Å². The monoisotopic (exact) mass is 406 g/mol. The average molecular weight is 407 g/mol. The Bertz CT molecular complexity index is 791. The number of carbonyl (C=O) groups is 2. The first-order chi connectivity index (χ1) is 13.5. The molecule has 1 heterocycles. The van der Waals surface area contributed by atoms with Crippen LogP contribution in [0.15, 0.2) is 23.6 Å².